The normalized spacial score (nSPS) is 19.3. The van der Waals surface area contributed by atoms with Gasteiger partial charge < -0.3 is 9.84 Å². The molecule has 24 heavy (non-hydrogen) atoms. The van der Waals surface area contributed by atoms with Crippen molar-refractivity contribution in [3.63, 3.8) is 0 Å². The fraction of sp³-hybridized carbons (Fsp3) is 0.421. The van der Waals surface area contributed by atoms with E-state index in [0.29, 0.717) is 13.0 Å². The number of likely N-dealkylation sites (tertiary alicyclic amines) is 1. The van der Waals surface area contributed by atoms with Crippen LogP contribution in [0.3, 0.4) is 0 Å². The van der Waals surface area contributed by atoms with Crippen molar-refractivity contribution in [2.45, 2.75) is 38.8 Å². The van der Waals surface area contributed by atoms with E-state index >= 15 is 0 Å². The topological polar surface area (TPSA) is 49.8 Å². The van der Waals surface area contributed by atoms with Gasteiger partial charge >= 0.3 is 5.97 Å². The van der Waals surface area contributed by atoms with Crippen LogP contribution >= 0.6 is 11.3 Å². The minimum atomic E-state index is -0.730. The first-order chi connectivity index (χ1) is 11.6. The summed E-state index contributed by atoms with van der Waals surface area (Å²) < 4.78 is 5.64. The number of aliphatic carboxylic acids is 1. The van der Waals surface area contributed by atoms with Gasteiger partial charge in [-0.05, 0) is 56.5 Å². The highest BCUT2D eigenvalue weighted by Gasteiger charge is 2.37. The Morgan fingerprint density at radius 2 is 2.25 bits per heavy atom. The van der Waals surface area contributed by atoms with Crippen LogP contribution in [0.25, 0.3) is 0 Å². The third-order valence-corrected chi connectivity index (χ3v) is 5.48. The Bertz CT molecular complexity index is 712. The van der Waals surface area contributed by atoms with Gasteiger partial charge in [0.15, 0.2) is 0 Å². The number of aryl methyl sites for hydroxylation is 1. The summed E-state index contributed by atoms with van der Waals surface area (Å²) in [6.45, 7) is 5.47. The molecule has 1 saturated heterocycles. The maximum absolute atomic E-state index is 11.7. The van der Waals surface area contributed by atoms with Crippen molar-refractivity contribution in [2.24, 2.45) is 0 Å². The van der Waals surface area contributed by atoms with Crippen LogP contribution in [-0.4, -0.2) is 35.2 Å². The largest absolute Gasteiger partial charge is 0.494 e. The standard InChI is InChI=1S/C19H23NO3S/c1-3-23-15-7-4-6-14(12-15)18(17-10-9-13(2)24-17)20-11-5-8-16(20)19(21)22/h4,6-7,9-10,12,16,18H,3,5,8,11H2,1-2H3,(H,21,22). The lowest BCUT2D eigenvalue weighted by atomic mass is 10.0. The molecule has 1 aliphatic heterocycles. The zero-order valence-corrected chi connectivity index (χ0v) is 14.9. The van der Waals surface area contributed by atoms with Crippen molar-refractivity contribution in [3.05, 3.63) is 51.7 Å². The lowest BCUT2D eigenvalue weighted by Gasteiger charge is -2.31. The van der Waals surface area contributed by atoms with Gasteiger partial charge in [-0.25, -0.2) is 0 Å². The van der Waals surface area contributed by atoms with E-state index in [4.69, 9.17) is 4.74 Å². The van der Waals surface area contributed by atoms with Crippen LogP contribution in [0, 0.1) is 6.92 Å². The summed E-state index contributed by atoms with van der Waals surface area (Å²) in [7, 11) is 0. The monoisotopic (exact) mass is 345 g/mol. The molecule has 3 rings (SSSR count). The summed E-state index contributed by atoms with van der Waals surface area (Å²) in [6, 6.07) is 11.8. The highest BCUT2D eigenvalue weighted by molar-refractivity contribution is 7.12. The molecule has 0 amide bonds. The highest BCUT2D eigenvalue weighted by Crippen LogP contribution is 2.38. The van der Waals surface area contributed by atoms with Gasteiger partial charge in [0.2, 0.25) is 0 Å². The lowest BCUT2D eigenvalue weighted by molar-refractivity contribution is -0.142. The predicted octanol–water partition coefficient (Wildman–Crippen LogP) is 4.09. The number of benzene rings is 1. The van der Waals surface area contributed by atoms with Crippen LogP contribution < -0.4 is 4.74 Å². The van der Waals surface area contributed by atoms with Gasteiger partial charge in [-0.3, -0.25) is 9.69 Å². The highest BCUT2D eigenvalue weighted by atomic mass is 32.1. The molecule has 0 saturated carbocycles. The summed E-state index contributed by atoms with van der Waals surface area (Å²) in [6.07, 6.45) is 1.63. The fourth-order valence-electron chi connectivity index (χ4n) is 3.42. The molecule has 1 aliphatic rings. The van der Waals surface area contributed by atoms with E-state index in [0.717, 1.165) is 24.3 Å². The maximum atomic E-state index is 11.7. The Labute approximate surface area is 146 Å². The average Bonchev–Trinajstić information content (AvgIpc) is 3.18. The second-order valence-corrected chi connectivity index (χ2v) is 7.41. The summed E-state index contributed by atoms with van der Waals surface area (Å²) >= 11 is 1.74. The van der Waals surface area contributed by atoms with Gasteiger partial charge in [0.05, 0.1) is 12.6 Å². The summed E-state index contributed by atoms with van der Waals surface area (Å²) in [5, 5.41) is 9.61. The minimum Gasteiger partial charge on any atom is -0.494 e. The molecule has 1 N–H and O–H groups in total. The van der Waals surface area contributed by atoms with Crippen LogP contribution in [0.2, 0.25) is 0 Å². The third-order valence-electron chi connectivity index (χ3n) is 4.43. The van der Waals surface area contributed by atoms with E-state index in [-0.39, 0.29) is 6.04 Å². The van der Waals surface area contributed by atoms with E-state index in [9.17, 15) is 9.90 Å². The third kappa shape index (κ3) is 3.47. The van der Waals surface area contributed by atoms with Gasteiger partial charge in [-0.1, -0.05) is 12.1 Å². The number of hydrogen-bond acceptors (Lipinski definition) is 4. The zero-order chi connectivity index (χ0) is 17.1. The fourth-order valence-corrected chi connectivity index (χ4v) is 4.45. The lowest BCUT2D eigenvalue weighted by Crippen LogP contribution is -2.39. The molecular formula is C19H23NO3S. The first kappa shape index (κ1) is 17.0. The molecule has 128 valence electrons. The zero-order valence-electron chi connectivity index (χ0n) is 14.1. The minimum absolute atomic E-state index is 0.0345. The van der Waals surface area contributed by atoms with E-state index in [1.807, 2.05) is 25.1 Å². The van der Waals surface area contributed by atoms with Gasteiger partial charge in [0, 0.05) is 16.3 Å². The molecular weight excluding hydrogens is 322 g/mol. The molecule has 1 aromatic heterocycles. The number of carbonyl (C=O) groups is 1. The van der Waals surface area contributed by atoms with E-state index in [1.54, 1.807) is 11.3 Å². The Balaban J connectivity index is 2.02. The van der Waals surface area contributed by atoms with Crippen molar-refractivity contribution >= 4 is 17.3 Å². The Morgan fingerprint density at radius 1 is 1.42 bits per heavy atom. The van der Waals surface area contributed by atoms with Gasteiger partial charge in [0.1, 0.15) is 11.8 Å². The number of ether oxygens (including phenoxy) is 1. The molecule has 0 radical (unpaired) electrons. The molecule has 0 spiro atoms. The summed E-state index contributed by atoms with van der Waals surface area (Å²) in [5.74, 6) is 0.103. The molecule has 1 fully saturated rings. The summed E-state index contributed by atoms with van der Waals surface area (Å²) in [5.41, 5.74) is 1.09. The number of hydrogen-bond donors (Lipinski definition) is 1. The first-order valence-electron chi connectivity index (χ1n) is 8.37. The molecule has 2 heterocycles. The molecule has 5 heteroatoms. The molecule has 2 unspecified atom stereocenters. The predicted molar refractivity (Wildman–Crippen MR) is 95.9 cm³/mol. The van der Waals surface area contributed by atoms with Crippen LogP contribution in [0.1, 0.15) is 41.1 Å². The van der Waals surface area contributed by atoms with E-state index in [2.05, 4.69) is 30.0 Å². The smallest absolute Gasteiger partial charge is 0.320 e. The molecule has 0 aliphatic carbocycles. The second-order valence-electron chi connectivity index (χ2n) is 6.09. The molecule has 2 atom stereocenters. The Morgan fingerprint density at radius 3 is 2.92 bits per heavy atom. The van der Waals surface area contributed by atoms with E-state index in [1.165, 1.54) is 9.75 Å². The van der Waals surface area contributed by atoms with Crippen LogP contribution in [0.5, 0.6) is 5.75 Å². The SMILES string of the molecule is CCOc1cccc(C(c2ccc(C)s2)N2CCCC2C(=O)O)c1. The van der Waals surface area contributed by atoms with Crippen molar-refractivity contribution in [1.82, 2.24) is 4.90 Å². The number of nitrogens with zero attached hydrogens (tertiary/aromatic N) is 1. The van der Waals surface area contributed by atoms with Crippen LogP contribution in [0.15, 0.2) is 36.4 Å². The quantitative estimate of drug-likeness (QED) is 0.856. The number of thiophene rings is 1. The van der Waals surface area contributed by atoms with E-state index < -0.39 is 12.0 Å². The number of carboxylic acids is 1. The van der Waals surface area contributed by atoms with Crippen LogP contribution in [-0.2, 0) is 4.79 Å². The number of rotatable bonds is 6. The summed E-state index contributed by atoms with van der Waals surface area (Å²) in [4.78, 5) is 16.2. The molecule has 4 nitrogen and oxygen atoms in total. The van der Waals surface area contributed by atoms with Gasteiger partial charge in [-0.15, -0.1) is 11.3 Å². The Kier molecular flexibility index (Phi) is 5.21. The second kappa shape index (κ2) is 7.36. The molecule has 2 aromatic rings. The first-order valence-corrected chi connectivity index (χ1v) is 9.19. The average molecular weight is 345 g/mol. The maximum Gasteiger partial charge on any atom is 0.320 e. The van der Waals surface area contributed by atoms with Crippen molar-refractivity contribution < 1.29 is 14.6 Å². The number of carboxylic acid groups (broad SMARTS) is 1. The van der Waals surface area contributed by atoms with Crippen molar-refractivity contribution in [1.29, 1.82) is 0 Å². The van der Waals surface area contributed by atoms with Crippen LogP contribution in [0.4, 0.5) is 0 Å². The molecule has 0 bridgehead atoms. The van der Waals surface area contributed by atoms with Gasteiger partial charge in [-0.2, -0.15) is 0 Å². The van der Waals surface area contributed by atoms with Crippen molar-refractivity contribution in [2.75, 3.05) is 13.2 Å². The van der Waals surface area contributed by atoms with Gasteiger partial charge in [0.25, 0.3) is 0 Å². The molecule has 1 aromatic carbocycles. The van der Waals surface area contributed by atoms with Crippen molar-refractivity contribution in [3.8, 4) is 5.75 Å². The Hall–Kier alpha value is -1.85.